The Labute approximate surface area is 255 Å². The summed E-state index contributed by atoms with van der Waals surface area (Å²) >= 11 is 0. The molecule has 5 rings (SSSR count). The minimum Gasteiger partial charge on any atom is -0.477 e. The van der Waals surface area contributed by atoms with Gasteiger partial charge in [0.05, 0.1) is 11.6 Å². The van der Waals surface area contributed by atoms with Gasteiger partial charge in [-0.05, 0) is 60.2 Å². The zero-order chi connectivity index (χ0) is 32.0. The molecule has 2 aromatic heterocycles. The largest absolute Gasteiger partial charge is 0.573 e. The fraction of sp³-hybridized carbons (Fsp3) is 0.267. The van der Waals surface area contributed by atoms with Gasteiger partial charge in [0, 0.05) is 12.6 Å². The maximum absolute atomic E-state index is 13.0. The number of hydrogen-bond acceptors (Lipinski definition) is 9. The summed E-state index contributed by atoms with van der Waals surface area (Å²) in [5.41, 5.74) is 8.95. The van der Waals surface area contributed by atoms with E-state index >= 15 is 0 Å². The zero-order valence-corrected chi connectivity index (χ0v) is 23.3. The van der Waals surface area contributed by atoms with Crippen molar-refractivity contribution in [3.05, 3.63) is 101 Å². The van der Waals surface area contributed by atoms with E-state index in [-0.39, 0.29) is 43.0 Å². The zero-order valence-electron chi connectivity index (χ0n) is 23.3. The third kappa shape index (κ3) is 8.20. The molecule has 45 heavy (non-hydrogen) atoms. The first kappa shape index (κ1) is 34.2. The molecule has 1 amide bonds. The number of hydrogen-bond donors (Lipinski definition) is 3. The smallest absolute Gasteiger partial charge is 0.477 e. The molecule has 1 aliphatic carbocycles. The van der Waals surface area contributed by atoms with Gasteiger partial charge in [0.1, 0.15) is 24.4 Å². The molecule has 0 saturated carbocycles. The van der Waals surface area contributed by atoms with E-state index in [1.807, 2.05) is 13.0 Å². The van der Waals surface area contributed by atoms with Crippen LogP contribution in [0, 0.1) is 6.92 Å². The molecule has 0 saturated heterocycles. The van der Waals surface area contributed by atoms with E-state index in [2.05, 4.69) is 31.7 Å². The number of alkyl halides is 3. The lowest BCUT2D eigenvalue weighted by Gasteiger charge is -2.16. The number of rotatable bonds is 8. The molecule has 0 spiro atoms. The van der Waals surface area contributed by atoms with Gasteiger partial charge in [0.15, 0.2) is 5.69 Å². The van der Waals surface area contributed by atoms with Crippen molar-refractivity contribution in [1.82, 2.24) is 24.9 Å². The van der Waals surface area contributed by atoms with Crippen molar-refractivity contribution in [3.63, 3.8) is 0 Å². The number of nitrogens with zero attached hydrogens (tertiary/aromatic N) is 4. The molecule has 0 bridgehead atoms. The normalized spacial score (nSPS) is 13.5. The number of carboxylic acids is 1. The third-order valence-corrected chi connectivity index (χ3v) is 6.65. The van der Waals surface area contributed by atoms with Crippen LogP contribution in [0.2, 0.25) is 0 Å². The van der Waals surface area contributed by atoms with Crippen LogP contribution in [-0.2, 0) is 17.7 Å². The van der Waals surface area contributed by atoms with Crippen LogP contribution in [0.25, 0.3) is 5.78 Å². The van der Waals surface area contributed by atoms with Crippen LogP contribution >= 0.6 is 0 Å². The predicted molar refractivity (Wildman–Crippen MR) is 156 cm³/mol. The number of carboxylic acid groups (broad SMARTS) is 1. The molecule has 238 valence electrons. The molecule has 15 heteroatoms. The Hall–Kier alpha value is -5.31. The highest BCUT2D eigenvalue weighted by Crippen LogP contribution is 2.35. The summed E-state index contributed by atoms with van der Waals surface area (Å²) in [6.07, 6.45) is -0.599. The number of aromatic carboxylic acids is 1. The Morgan fingerprint density at radius 1 is 1.20 bits per heavy atom. The Balaban J connectivity index is 0.000000333. The average molecular weight is 629 g/mol. The fourth-order valence-electron chi connectivity index (χ4n) is 4.61. The predicted octanol–water partition coefficient (Wildman–Crippen LogP) is 4.57. The number of nitrogens with one attached hydrogen (secondary N) is 1. The van der Waals surface area contributed by atoms with Crippen molar-refractivity contribution >= 4 is 23.6 Å². The quantitative estimate of drug-likeness (QED) is 0.185. The van der Waals surface area contributed by atoms with E-state index < -0.39 is 24.2 Å². The lowest BCUT2D eigenvalue weighted by Crippen LogP contribution is -2.29. The fourth-order valence-corrected chi connectivity index (χ4v) is 4.61. The second-order valence-corrected chi connectivity index (χ2v) is 9.46. The van der Waals surface area contributed by atoms with Crippen molar-refractivity contribution in [2.45, 2.75) is 46.1 Å². The van der Waals surface area contributed by atoms with Gasteiger partial charge < -0.3 is 25.6 Å². The molecule has 0 radical (unpaired) electrons. The van der Waals surface area contributed by atoms with Crippen molar-refractivity contribution < 1.29 is 42.1 Å². The first-order valence-corrected chi connectivity index (χ1v) is 13.1. The summed E-state index contributed by atoms with van der Waals surface area (Å²) < 4.78 is 45.0. The minimum absolute atomic E-state index is 0. The van der Waals surface area contributed by atoms with Crippen LogP contribution in [0.5, 0.6) is 5.75 Å². The van der Waals surface area contributed by atoms with Gasteiger partial charge >= 0.3 is 18.3 Å². The Morgan fingerprint density at radius 3 is 2.53 bits per heavy atom. The Kier molecular flexibility index (Phi) is 11.0. The summed E-state index contributed by atoms with van der Waals surface area (Å²) in [5, 5.41) is 16.2. The standard InChI is InChI=1S/C21H19N5O5.C8H8F3NO.CH4/c1-3-8-31-20(30)13-4-5-14-12(11(13)2)6-7-15(14)24-18(27)17-9-16(19(28)29)25-21-22-10-23-26(17)21;9-8(10,11)13-7-3-1-6(5-12)2-4-7;/h3-5,9-10,15H,1,6-8H2,2H3,(H,24,27)(H,28,29);1-4H,5,12H2;1H4/t15-;;/m0../s1. The number of benzene rings is 2. The highest BCUT2D eigenvalue weighted by molar-refractivity contribution is 5.96. The van der Waals surface area contributed by atoms with Crippen molar-refractivity contribution in [1.29, 1.82) is 0 Å². The van der Waals surface area contributed by atoms with E-state index in [4.69, 9.17) is 10.5 Å². The van der Waals surface area contributed by atoms with Crippen LogP contribution in [0.3, 0.4) is 0 Å². The van der Waals surface area contributed by atoms with Crippen LogP contribution < -0.4 is 15.8 Å². The van der Waals surface area contributed by atoms with E-state index in [0.29, 0.717) is 24.9 Å². The maximum atomic E-state index is 13.0. The molecule has 1 aliphatic rings. The van der Waals surface area contributed by atoms with E-state index in [1.165, 1.54) is 47.3 Å². The van der Waals surface area contributed by atoms with Gasteiger partial charge in [-0.2, -0.15) is 14.6 Å². The van der Waals surface area contributed by atoms with E-state index in [0.717, 1.165) is 22.3 Å². The molecular formula is C30H31F3N6O6. The first-order chi connectivity index (χ1) is 20.9. The third-order valence-electron chi connectivity index (χ3n) is 6.65. The molecule has 4 N–H and O–H groups in total. The van der Waals surface area contributed by atoms with Gasteiger partial charge in [-0.15, -0.1) is 13.2 Å². The number of halogens is 3. The van der Waals surface area contributed by atoms with Gasteiger partial charge in [0.25, 0.3) is 11.7 Å². The summed E-state index contributed by atoms with van der Waals surface area (Å²) in [7, 11) is 0. The van der Waals surface area contributed by atoms with Crippen LogP contribution in [0.1, 0.15) is 73.5 Å². The Morgan fingerprint density at radius 2 is 1.91 bits per heavy atom. The molecule has 12 nitrogen and oxygen atoms in total. The lowest BCUT2D eigenvalue weighted by molar-refractivity contribution is -0.274. The number of carbonyl (C=O) groups is 3. The molecule has 1 atom stereocenters. The van der Waals surface area contributed by atoms with Crippen molar-refractivity contribution in [2.75, 3.05) is 6.61 Å². The average Bonchev–Trinajstić information content (AvgIpc) is 3.63. The van der Waals surface area contributed by atoms with Crippen LogP contribution in [0.15, 0.2) is 61.4 Å². The SMILES string of the molecule is C.C=CCOC(=O)c1ccc2c(c1C)CC[C@@H]2NC(=O)c1cc(C(=O)O)nc2ncnn12.NCc1ccc(OC(F)(F)F)cc1. The van der Waals surface area contributed by atoms with Crippen molar-refractivity contribution in [3.8, 4) is 5.75 Å². The van der Waals surface area contributed by atoms with Gasteiger partial charge in [-0.1, -0.05) is 38.3 Å². The van der Waals surface area contributed by atoms with Crippen molar-refractivity contribution in [2.24, 2.45) is 5.73 Å². The highest BCUT2D eigenvalue weighted by atomic mass is 19.4. The number of carbonyl (C=O) groups excluding carboxylic acids is 2. The molecule has 0 unspecified atom stereocenters. The molecule has 0 fully saturated rings. The van der Waals surface area contributed by atoms with Crippen LogP contribution in [0.4, 0.5) is 13.2 Å². The highest BCUT2D eigenvalue weighted by Gasteiger charge is 2.31. The monoisotopic (exact) mass is 628 g/mol. The molecule has 0 aliphatic heterocycles. The van der Waals surface area contributed by atoms with Gasteiger partial charge in [0.2, 0.25) is 0 Å². The topological polar surface area (TPSA) is 171 Å². The Bertz CT molecular complexity index is 1710. The number of fused-ring (bicyclic) bond motifs is 2. The number of aromatic nitrogens is 4. The van der Waals surface area contributed by atoms with Gasteiger partial charge in [-0.3, -0.25) is 4.79 Å². The summed E-state index contributed by atoms with van der Waals surface area (Å²) in [5.74, 6) is -2.39. The van der Waals surface area contributed by atoms with E-state index in [1.54, 1.807) is 6.07 Å². The summed E-state index contributed by atoms with van der Waals surface area (Å²) in [6.45, 7) is 5.82. The van der Waals surface area contributed by atoms with Crippen LogP contribution in [-0.4, -0.2) is 55.5 Å². The molecule has 2 aromatic carbocycles. The second kappa shape index (κ2) is 14.4. The molecular weight excluding hydrogens is 597 g/mol. The number of nitrogens with two attached hydrogens (primary N) is 1. The maximum Gasteiger partial charge on any atom is 0.573 e. The molecule has 2 heterocycles. The summed E-state index contributed by atoms with van der Waals surface area (Å²) in [6, 6.07) is 9.81. The lowest BCUT2D eigenvalue weighted by atomic mass is 9.98. The number of amides is 1. The molecule has 4 aromatic rings. The first-order valence-electron chi connectivity index (χ1n) is 13.1. The summed E-state index contributed by atoms with van der Waals surface area (Å²) in [4.78, 5) is 44.3. The second-order valence-electron chi connectivity index (χ2n) is 9.46. The van der Waals surface area contributed by atoms with E-state index in [9.17, 15) is 32.7 Å². The number of esters is 1. The minimum atomic E-state index is -4.63. The number of ether oxygens (including phenoxy) is 2. The van der Waals surface area contributed by atoms with Gasteiger partial charge in [-0.25, -0.2) is 14.6 Å².